The highest BCUT2D eigenvalue weighted by molar-refractivity contribution is 5.97. The average Bonchev–Trinajstić information content (AvgIpc) is 3.13. The van der Waals surface area contributed by atoms with Gasteiger partial charge in [0, 0.05) is 4.91 Å². The molecule has 28 heavy (non-hydrogen) atoms. The number of azide groups is 1. The second-order valence-electron chi connectivity index (χ2n) is 6.42. The molecule has 2 aromatic carbocycles. The second kappa shape index (κ2) is 8.45. The summed E-state index contributed by atoms with van der Waals surface area (Å²) < 4.78 is 10.3. The van der Waals surface area contributed by atoms with Crippen molar-refractivity contribution in [1.29, 1.82) is 0 Å². The van der Waals surface area contributed by atoms with Crippen LogP contribution in [0, 0.1) is 0 Å². The first-order valence-corrected chi connectivity index (χ1v) is 8.79. The van der Waals surface area contributed by atoms with Gasteiger partial charge in [0.05, 0.1) is 7.11 Å². The molecule has 0 N–H and O–H groups in total. The Balaban J connectivity index is 1.90. The average molecular weight is 380 g/mol. The van der Waals surface area contributed by atoms with Crippen LogP contribution in [0.25, 0.3) is 10.4 Å². The van der Waals surface area contributed by atoms with Crippen LogP contribution >= 0.6 is 0 Å². The van der Waals surface area contributed by atoms with E-state index in [2.05, 4.69) is 10.0 Å². The quantitative estimate of drug-likeness (QED) is 0.425. The minimum absolute atomic E-state index is 0.0640. The lowest BCUT2D eigenvalue weighted by atomic mass is 9.92. The molecule has 1 aliphatic rings. The predicted octanol–water partition coefficient (Wildman–Crippen LogP) is 4.20. The van der Waals surface area contributed by atoms with Crippen molar-refractivity contribution in [3.05, 3.63) is 76.2 Å². The third-order valence-corrected chi connectivity index (χ3v) is 4.84. The topological polar surface area (TPSA) is 105 Å². The number of carbonyl (C=O) groups excluding carboxylic acids is 2. The van der Waals surface area contributed by atoms with E-state index < -0.39 is 30.0 Å². The highest BCUT2D eigenvalue weighted by atomic mass is 16.6. The molecule has 2 aromatic rings. The number of rotatable bonds is 6. The van der Waals surface area contributed by atoms with Crippen LogP contribution in [0.15, 0.2) is 59.7 Å². The van der Waals surface area contributed by atoms with Crippen LogP contribution in [0.4, 0.5) is 4.79 Å². The molecule has 8 heteroatoms. The molecular formula is C20H20N4O4. The first-order chi connectivity index (χ1) is 13.6. The normalized spacial score (nSPS) is 18.0. The summed E-state index contributed by atoms with van der Waals surface area (Å²) in [5, 5.41) is 3.70. The third kappa shape index (κ3) is 3.77. The van der Waals surface area contributed by atoms with Crippen molar-refractivity contribution in [2.45, 2.75) is 24.9 Å². The van der Waals surface area contributed by atoms with E-state index in [0.29, 0.717) is 5.75 Å². The zero-order chi connectivity index (χ0) is 20.1. The van der Waals surface area contributed by atoms with Crippen molar-refractivity contribution >= 4 is 12.0 Å². The zero-order valence-corrected chi connectivity index (χ0v) is 15.6. The van der Waals surface area contributed by atoms with Gasteiger partial charge >= 0.3 is 6.09 Å². The molecule has 2 amide bonds. The van der Waals surface area contributed by atoms with Crippen LogP contribution in [-0.4, -0.2) is 36.7 Å². The van der Waals surface area contributed by atoms with Crippen LogP contribution in [-0.2, 0) is 9.53 Å². The second-order valence-corrected chi connectivity index (χ2v) is 6.42. The minimum Gasteiger partial charge on any atom is -0.497 e. The molecular weight excluding hydrogens is 360 g/mol. The summed E-state index contributed by atoms with van der Waals surface area (Å²) in [6.45, 7) is 1.84. The van der Waals surface area contributed by atoms with E-state index >= 15 is 0 Å². The van der Waals surface area contributed by atoms with Crippen LogP contribution in [0.1, 0.15) is 30.0 Å². The van der Waals surface area contributed by atoms with E-state index in [1.807, 2.05) is 30.3 Å². The minimum atomic E-state index is -1.09. The van der Waals surface area contributed by atoms with Gasteiger partial charge in [0.1, 0.15) is 24.4 Å². The summed E-state index contributed by atoms with van der Waals surface area (Å²) in [5.41, 5.74) is 10.6. The molecule has 3 atom stereocenters. The lowest BCUT2D eigenvalue weighted by molar-refractivity contribution is -0.131. The number of imide groups is 1. The van der Waals surface area contributed by atoms with Gasteiger partial charge in [-0.1, -0.05) is 54.5 Å². The van der Waals surface area contributed by atoms with Crippen LogP contribution in [0.3, 0.4) is 0 Å². The van der Waals surface area contributed by atoms with Gasteiger partial charge in [-0.15, -0.1) is 0 Å². The lowest BCUT2D eigenvalue weighted by Crippen LogP contribution is -2.42. The van der Waals surface area contributed by atoms with Crippen molar-refractivity contribution in [2.24, 2.45) is 5.11 Å². The third-order valence-electron chi connectivity index (χ3n) is 4.84. The number of nitrogens with zero attached hydrogens (tertiary/aromatic N) is 4. The number of amides is 2. The first-order valence-electron chi connectivity index (χ1n) is 8.79. The molecule has 1 unspecified atom stereocenters. The van der Waals surface area contributed by atoms with Gasteiger partial charge in [-0.25, -0.2) is 9.69 Å². The molecule has 0 radical (unpaired) electrons. The molecule has 3 rings (SSSR count). The smallest absolute Gasteiger partial charge is 0.417 e. The van der Waals surface area contributed by atoms with Crippen LogP contribution in [0.2, 0.25) is 0 Å². The summed E-state index contributed by atoms with van der Waals surface area (Å²) in [6, 6.07) is 14.6. The molecule has 144 valence electrons. The van der Waals surface area contributed by atoms with E-state index in [1.54, 1.807) is 38.3 Å². The summed E-state index contributed by atoms with van der Waals surface area (Å²) in [7, 11) is 1.56. The van der Waals surface area contributed by atoms with E-state index in [1.165, 1.54) is 0 Å². The van der Waals surface area contributed by atoms with Gasteiger partial charge in [0.15, 0.2) is 0 Å². The fourth-order valence-corrected chi connectivity index (χ4v) is 3.24. The number of hydrogen-bond acceptors (Lipinski definition) is 5. The summed E-state index contributed by atoms with van der Waals surface area (Å²) in [6.07, 6.45) is -0.737. The largest absolute Gasteiger partial charge is 0.497 e. The fourth-order valence-electron chi connectivity index (χ4n) is 3.24. The molecule has 0 bridgehead atoms. The Bertz CT molecular complexity index is 894. The molecule has 1 aliphatic heterocycles. The monoisotopic (exact) mass is 380 g/mol. The van der Waals surface area contributed by atoms with Gasteiger partial charge in [0.25, 0.3) is 0 Å². The molecule has 1 saturated heterocycles. The number of carbonyl (C=O) groups is 2. The molecule has 1 fully saturated rings. The molecule has 0 aliphatic carbocycles. The van der Waals surface area contributed by atoms with Gasteiger partial charge in [-0.05, 0) is 34.7 Å². The van der Waals surface area contributed by atoms with Crippen molar-refractivity contribution in [1.82, 2.24) is 4.90 Å². The SMILES string of the molecule is COc1ccc([C@@H](C)C(N=[N+]=[N-])C(=O)N2C(=O)OC[C@H]2c2ccccc2)cc1. The number of cyclic esters (lactones) is 1. The maximum atomic E-state index is 13.2. The fraction of sp³-hybridized carbons (Fsp3) is 0.300. The molecule has 0 spiro atoms. The van der Waals surface area contributed by atoms with Crippen molar-refractivity contribution in [2.75, 3.05) is 13.7 Å². The van der Waals surface area contributed by atoms with Crippen LogP contribution in [0.5, 0.6) is 5.75 Å². The summed E-state index contributed by atoms with van der Waals surface area (Å²) in [5.74, 6) is -0.355. The molecule has 8 nitrogen and oxygen atoms in total. The zero-order valence-electron chi connectivity index (χ0n) is 15.6. The standard InChI is InChI=1S/C20H20N4O4/c1-13(14-8-10-16(27-2)11-9-14)18(22-23-21)19(25)24-17(12-28-20(24)26)15-6-4-3-5-7-15/h3-11,13,17-18H,12H2,1-2H3/t13-,17+,18?/m1/s1. The maximum Gasteiger partial charge on any atom is 0.417 e. The number of benzene rings is 2. The number of ether oxygens (including phenoxy) is 2. The number of hydrogen-bond donors (Lipinski definition) is 0. The van der Waals surface area contributed by atoms with E-state index in [0.717, 1.165) is 16.0 Å². The van der Waals surface area contributed by atoms with E-state index in [9.17, 15) is 9.59 Å². The van der Waals surface area contributed by atoms with Gasteiger partial charge in [-0.2, -0.15) is 0 Å². The Labute approximate surface area is 162 Å². The summed E-state index contributed by atoms with van der Waals surface area (Å²) in [4.78, 5) is 29.4. The van der Waals surface area contributed by atoms with E-state index in [4.69, 9.17) is 15.0 Å². The van der Waals surface area contributed by atoms with Gasteiger partial charge in [0.2, 0.25) is 5.91 Å². The van der Waals surface area contributed by atoms with Crippen molar-refractivity contribution in [3.63, 3.8) is 0 Å². The van der Waals surface area contributed by atoms with Crippen LogP contribution < -0.4 is 4.74 Å². The predicted molar refractivity (Wildman–Crippen MR) is 102 cm³/mol. The molecule has 0 aromatic heterocycles. The number of methoxy groups -OCH3 is 1. The van der Waals surface area contributed by atoms with Crippen molar-refractivity contribution in [3.8, 4) is 5.75 Å². The van der Waals surface area contributed by atoms with Crippen molar-refractivity contribution < 1.29 is 19.1 Å². The highest BCUT2D eigenvalue weighted by Gasteiger charge is 2.42. The Kier molecular flexibility index (Phi) is 5.81. The van der Waals surface area contributed by atoms with Gasteiger partial charge in [-0.3, -0.25) is 4.79 Å². The first kappa shape index (κ1) is 19.3. The maximum absolute atomic E-state index is 13.2. The molecule has 0 saturated carbocycles. The van der Waals surface area contributed by atoms with Gasteiger partial charge < -0.3 is 9.47 Å². The lowest BCUT2D eigenvalue weighted by Gasteiger charge is -2.26. The Hall–Kier alpha value is -3.51. The Morgan fingerprint density at radius 1 is 1.25 bits per heavy atom. The van der Waals surface area contributed by atoms with E-state index in [-0.39, 0.29) is 6.61 Å². The summed E-state index contributed by atoms with van der Waals surface area (Å²) >= 11 is 0. The highest BCUT2D eigenvalue weighted by Crippen LogP contribution is 2.32. The molecule has 1 heterocycles. The Morgan fingerprint density at radius 2 is 1.93 bits per heavy atom. The Morgan fingerprint density at radius 3 is 2.54 bits per heavy atom.